The number of hydrogen-bond donors (Lipinski definition) is 1. The summed E-state index contributed by atoms with van der Waals surface area (Å²) in [6.07, 6.45) is 3.59. The molecule has 31 heavy (non-hydrogen) atoms. The van der Waals surface area contributed by atoms with Crippen LogP contribution in [-0.4, -0.2) is 47.5 Å². The highest BCUT2D eigenvalue weighted by atomic mass is 32.2. The molecular formula is C22H26N4O3S2. The lowest BCUT2D eigenvalue weighted by molar-refractivity contribution is -0.115. The van der Waals surface area contributed by atoms with Gasteiger partial charge in [-0.25, -0.2) is 17.7 Å². The van der Waals surface area contributed by atoms with E-state index in [-0.39, 0.29) is 10.8 Å². The third-order valence-electron chi connectivity index (χ3n) is 4.75. The molecule has 1 N–H and O–H groups in total. The van der Waals surface area contributed by atoms with Gasteiger partial charge >= 0.3 is 0 Å². The molecule has 7 nitrogen and oxygen atoms in total. The van der Waals surface area contributed by atoms with Crippen molar-refractivity contribution in [2.24, 2.45) is 0 Å². The van der Waals surface area contributed by atoms with E-state index in [1.807, 2.05) is 36.7 Å². The van der Waals surface area contributed by atoms with Crippen LogP contribution < -0.4 is 5.32 Å². The Hall–Kier alpha value is -2.62. The zero-order valence-electron chi connectivity index (χ0n) is 18.2. The average Bonchev–Trinajstić information content (AvgIpc) is 3.15. The van der Waals surface area contributed by atoms with Crippen LogP contribution in [0, 0.1) is 13.8 Å². The van der Waals surface area contributed by atoms with E-state index in [2.05, 4.69) is 16.4 Å². The van der Waals surface area contributed by atoms with Crippen molar-refractivity contribution in [3.8, 4) is 5.69 Å². The molecule has 0 aliphatic heterocycles. The summed E-state index contributed by atoms with van der Waals surface area (Å²) in [5, 5.41) is 3.07. The first-order valence-corrected chi connectivity index (χ1v) is 12.0. The average molecular weight is 459 g/mol. The van der Waals surface area contributed by atoms with Crippen molar-refractivity contribution in [3.05, 3.63) is 66.0 Å². The summed E-state index contributed by atoms with van der Waals surface area (Å²) in [6, 6.07) is 12.4. The van der Waals surface area contributed by atoms with Gasteiger partial charge in [0.25, 0.3) is 0 Å². The molecule has 0 fully saturated rings. The zero-order valence-corrected chi connectivity index (χ0v) is 19.8. The van der Waals surface area contributed by atoms with Gasteiger partial charge in [-0.2, -0.15) is 0 Å². The van der Waals surface area contributed by atoms with Crippen molar-refractivity contribution in [2.45, 2.75) is 36.1 Å². The van der Waals surface area contributed by atoms with E-state index in [1.54, 1.807) is 25.3 Å². The summed E-state index contributed by atoms with van der Waals surface area (Å²) in [4.78, 5) is 17.3. The first kappa shape index (κ1) is 23.1. The fourth-order valence-electron chi connectivity index (χ4n) is 3.04. The Morgan fingerprint density at radius 3 is 2.58 bits per heavy atom. The molecule has 1 heterocycles. The first-order valence-electron chi connectivity index (χ1n) is 9.70. The number of benzene rings is 2. The zero-order chi connectivity index (χ0) is 22.8. The van der Waals surface area contributed by atoms with Crippen LogP contribution >= 0.6 is 11.8 Å². The second-order valence-electron chi connectivity index (χ2n) is 7.43. The highest BCUT2D eigenvalue weighted by molar-refractivity contribution is 8.00. The monoisotopic (exact) mass is 458 g/mol. The minimum atomic E-state index is -3.58. The van der Waals surface area contributed by atoms with Gasteiger partial charge in [0.15, 0.2) is 5.16 Å². The molecular weight excluding hydrogens is 432 g/mol. The maximum atomic E-state index is 12.8. The van der Waals surface area contributed by atoms with Gasteiger partial charge < -0.3 is 5.32 Å². The van der Waals surface area contributed by atoms with Crippen molar-refractivity contribution in [1.82, 2.24) is 13.9 Å². The van der Waals surface area contributed by atoms with Gasteiger partial charge in [-0.1, -0.05) is 35.5 Å². The SMILES string of the molecule is Cc1ccc(-n2ccnc2SC(C)C(=O)Nc2cccc(S(=O)(=O)N(C)C)c2)c(C)c1. The number of aryl methyl sites for hydroxylation is 2. The Labute approximate surface area is 187 Å². The predicted octanol–water partition coefficient (Wildman–Crippen LogP) is 3.86. The lowest BCUT2D eigenvalue weighted by Gasteiger charge is -2.15. The lowest BCUT2D eigenvalue weighted by Crippen LogP contribution is -2.24. The molecule has 1 unspecified atom stereocenters. The number of hydrogen-bond acceptors (Lipinski definition) is 5. The number of imidazole rings is 1. The number of amides is 1. The van der Waals surface area contributed by atoms with E-state index in [9.17, 15) is 13.2 Å². The van der Waals surface area contributed by atoms with E-state index < -0.39 is 15.3 Å². The molecule has 9 heteroatoms. The van der Waals surface area contributed by atoms with Crippen molar-refractivity contribution in [3.63, 3.8) is 0 Å². The predicted molar refractivity (Wildman–Crippen MR) is 124 cm³/mol. The van der Waals surface area contributed by atoms with Crippen LogP contribution in [0.15, 0.2) is 64.9 Å². The number of nitrogens with one attached hydrogen (secondary N) is 1. The number of nitrogens with zero attached hydrogens (tertiary/aromatic N) is 3. The topological polar surface area (TPSA) is 84.3 Å². The summed E-state index contributed by atoms with van der Waals surface area (Å²) in [6.45, 7) is 5.88. The van der Waals surface area contributed by atoms with Crippen molar-refractivity contribution in [2.75, 3.05) is 19.4 Å². The number of anilines is 1. The summed E-state index contributed by atoms with van der Waals surface area (Å²) in [5.74, 6) is -0.237. The molecule has 3 rings (SSSR count). The molecule has 1 atom stereocenters. The Balaban J connectivity index is 1.75. The van der Waals surface area contributed by atoms with Gasteiger partial charge in [0.2, 0.25) is 15.9 Å². The number of sulfonamides is 1. The van der Waals surface area contributed by atoms with Gasteiger partial charge in [0.1, 0.15) is 0 Å². The minimum absolute atomic E-state index is 0.126. The number of aromatic nitrogens is 2. The Bertz CT molecular complexity index is 1200. The van der Waals surface area contributed by atoms with Gasteiger partial charge in [0.05, 0.1) is 15.8 Å². The van der Waals surface area contributed by atoms with Gasteiger partial charge in [-0.3, -0.25) is 9.36 Å². The molecule has 0 spiro atoms. The summed E-state index contributed by atoms with van der Waals surface area (Å²) in [7, 11) is -0.638. The van der Waals surface area contributed by atoms with E-state index >= 15 is 0 Å². The van der Waals surface area contributed by atoms with E-state index in [0.717, 1.165) is 15.6 Å². The minimum Gasteiger partial charge on any atom is -0.325 e. The number of thioether (sulfide) groups is 1. The summed E-state index contributed by atoms with van der Waals surface area (Å²) < 4.78 is 27.8. The molecule has 0 aliphatic rings. The van der Waals surface area contributed by atoms with E-state index in [0.29, 0.717) is 10.8 Å². The van der Waals surface area contributed by atoms with Gasteiger partial charge in [-0.05, 0) is 50.6 Å². The second-order valence-corrected chi connectivity index (χ2v) is 10.9. The molecule has 0 saturated heterocycles. The van der Waals surface area contributed by atoms with Crippen LogP contribution in [0.2, 0.25) is 0 Å². The fraction of sp³-hybridized carbons (Fsp3) is 0.273. The van der Waals surface area contributed by atoms with Crippen LogP contribution in [0.3, 0.4) is 0 Å². The maximum absolute atomic E-state index is 12.8. The number of carbonyl (C=O) groups is 1. The van der Waals surface area contributed by atoms with Crippen LogP contribution in [0.25, 0.3) is 5.69 Å². The number of carbonyl (C=O) groups excluding carboxylic acids is 1. The molecule has 0 radical (unpaired) electrons. The number of rotatable bonds is 7. The molecule has 0 bridgehead atoms. The quantitative estimate of drug-likeness (QED) is 0.544. The van der Waals surface area contributed by atoms with E-state index in [4.69, 9.17) is 0 Å². The Morgan fingerprint density at radius 2 is 1.90 bits per heavy atom. The second kappa shape index (κ2) is 9.25. The first-order chi connectivity index (χ1) is 14.6. The smallest absolute Gasteiger partial charge is 0.242 e. The molecule has 0 aliphatic carbocycles. The van der Waals surface area contributed by atoms with Gasteiger partial charge in [0, 0.05) is 32.2 Å². The highest BCUT2D eigenvalue weighted by Crippen LogP contribution is 2.27. The van der Waals surface area contributed by atoms with Crippen LogP contribution in [0.4, 0.5) is 5.69 Å². The van der Waals surface area contributed by atoms with Gasteiger partial charge in [-0.15, -0.1) is 0 Å². The molecule has 1 aromatic heterocycles. The largest absolute Gasteiger partial charge is 0.325 e. The Kier molecular flexibility index (Phi) is 6.88. The maximum Gasteiger partial charge on any atom is 0.242 e. The Morgan fingerprint density at radius 1 is 1.16 bits per heavy atom. The third-order valence-corrected chi connectivity index (χ3v) is 7.64. The molecule has 2 aromatic carbocycles. The van der Waals surface area contributed by atoms with Crippen molar-refractivity contribution >= 4 is 33.4 Å². The standard InChI is InChI=1S/C22H26N4O3S2/c1-15-9-10-20(16(2)13-15)26-12-11-23-22(26)30-17(3)21(27)24-18-7-6-8-19(14-18)31(28,29)25(4)5/h6-14,17H,1-5H3,(H,24,27). The summed E-state index contributed by atoms with van der Waals surface area (Å²) in [5.41, 5.74) is 3.75. The van der Waals surface area contributed by atoms with Crippen LogP contribution in [-0.2, 0) is 14.8 Å². The van der Waals surface area contributed by atoms with Crippen LogP contribution in [0.1, 0.15) is 18.1 Å². The van der Waals surface area contributed by atoms with Crippen LogP contribution in [0.5, 0.6) is 0 Å². The molecule has 164 valence electrons. The highest BCUT2D eigenvalue weighted by Gasteiger charge is 2.21. The molecule has 3 aromatic rings. The summed E-state index contributed by atoms with van der Waals surface area (Å²) >= 11 is 1.34. The lowest BCUT2D eigenvalue weighted by atomic mass is 10.1. The molecule has 0 saturated carbocycles. The molecule has 1 amide bonds. The fourth-order valence-corrected chi connectivity index (χ4v) is 4.86. The van der Waals surface area contributed by atoms with Crippen molar-refractivity contribution < 1.29 is 13.2 Å². The normalized spacial score (nSPS) is 12.7. The third kappa shape index (κ3) is 5.17. The van der Waals surface area contributed by atoms with Crippen molar-refractivity contribution in [1.29, 1.82) is 0 Å². The van der Waals surface area contributed by atoms with E-state index in [1.165, 1.54) is 43.6 Å².